The number of carbonyl (C=O) groups is 1. The van der Waals surface area contributed by atoms with Crippen molar-refractivity contribution in [2.75, 3.05) is 20.2 Å². The van der Waals surface area contributed by atoms with Gasteiger partial charge in [-0.05, 0) is 43.2 Å². The van der Waals surface area contributed by atoms with Gasteiger partial charge in [0.2, 0.25) is 10.0 Å². The van der Waals surface area contributed by atoms with Gasteiger partial charge in [0.25, 0.3) is 0 Å². The van der Waals surface area contributed by atoms with E-state index in [1.54, 1.807) is 12.5 Å². The number of methoxy groups -OCH3 is 1. The Morgan fingerprint density at radius 2 is 1.94 bits per heavy atom. The van der Waals surface area contributed by atoms with Crippen LogP contribution in [0.3, 0.4) is 0 Å². The van der Waals surface area contributed by atoms with Crippen LogP contribution in [0, 0.1) is 0 Å². The third-order valence-corrected chi connectivity index (χ3v) is 8.39. The highest BCUT2D eigenvalue weighted by atomic mass is 35.5. The molecular formula is C22H21ClN2O5S2. The molecule has 0 spiro atoms. The maximum absolute atomic E-state index is 12.9. The van der Waals surface area contributed by atoms with Gasteiger partial charge in [-0.1, -0.05) is 23.7 Å². The Kier molecular flexibility index (Phi) is 6.80. The molecule has 3 aromatic rings. The first kappa shape index (κ1) is 22.7. The number of sulfonamides is 1. The monoisotopic (exact) mass is 492 g/mol. The van der Waals surface area contributed by atoms with Crippen molar-refractivity contribution in [1.29, 1.82) is 0 Å². The molecule has 0 saturated carbocycles. The standard InChI is InChI=1S/C22H21ClN2O5S2/c1-29-19-7-3-2-6-17(19)21-24-16(14-31-21)13-30-22(26)15-8-9-18(23)20(12-15)32(27,28)25-10-4-5-11-25/h2-3,6-9,12,14H,4-5,10-11,13H2,1H3. The fourth-order valence-corrected chi connectivity index (χ4v) is 6.29. The van der Waals surface area contributed by atoms with E-state index < -0.39 is 16.0 Å². The minimum absolute atomic E-state index is 0.0404. The fraction of sp³-hybridized carbons (Fsp3) is 0.273. The summed E-state index contributed by atoms with van der Waals surface area (Å²) in [4.78, 5) is 17.0. The Labute approximate surface area is 195 Å². The van der Waals surface area contributed by atoms with E-state index in [2.05, 4.69) is 4.98 Å². The van der Waals surface area contributed by atoms with Gasteiger partial charge < -0.3 is 9.47 Å². The van der Waals surface area contributed by atoms with E-state index in [1.807, 2.05) is 24.3 Å². The molecule has 32 heavy (non-hydrogen) atoms. The summed E-state index contributed by atoms with van der Waals surface area (Å²) >= 11 is 7.56. The highest BCUT2D eigenvalue weighted by Crippen LogP contribution is 2.32. The lowest BCUT2D eigenvalue weighted by Gasteiger charge is -2.17. The van der Waals surface area contributed by atoms with Gasteiger partial charge in [-0.15, -0.1) is 11.3 Å². The zero-order valence-electron chi connectivity index (χ0n) is 17.3. The molecule has 2 aromatic carbocycles. The molecule has 0 aliphatic carbocycles. The number of hydrogen-bond donors (Lipinski definition) is 0. The van der Waals surface area contributed by atoms with E-state index in [1.165, 1.54) is 33.8 Å². The molecule has 0 atom stereocenters. The first-order valence-electron chi connectivity index (χ1n) is 9.95. The smallest absolute Gasteiger partial charge is 0.338 e. The van der Waals surface area contributed by atoms with Crippen molar-refractivity contribution in [3.8, 4) is 16.3 Å². The number of aromatic nitrogens is 1. The van der Waals surface area contributed by atoms with Crippen molar-refractivity contribution in [2.24, 2.45) is 0 Å². The SMILES string of the molecule is COc1ccccc1-c1nc(COC(=O)c2ccc(Cl)c(S(=O)(=O)N3CCCC3)c2)cs1. The van der Waals surface area contributed by atoms with Crippen molar-refractivity contribution < 1.29 is 22.7 Å². The average molecular weight is 493 g/mol. The number of nitrogens with zero attached hydrogens (tertiary/aromatic N) is 2. The van der Waals surface area contributed by atoms with Crippen molar-refractivity contribution in [3.05, 3.63) is 64.1 Å². The van der Waals surface area contributed by atoms with Gasteiger partial charge in [-0.3, -0.25) is 0 Å². The van der Waals surface area contributed by atoms with Crippen molar-refractivity contribution in [3.63, 3.8) is 0 Å². The maximum atomic E-state index is 12.9. The van der Waals surface area contributed by atoms with Crippen LogP contribution in [0.25, 0.3) is 10.6 Å². The summed E-state index contributed by atoms with van der Waals surface area (Å²) in [6.07, 6.45) is 1.62. The topological polar surface area (TPSA) is 85.8 Å². The summed E-state index contributed by atoms with van der Waals surface area (Å²) in [6.45, 7) is 0.860. The average Bonchev–Trinajstić information content (AvgIpc) is 3.50. The highest BCUT2D eigenvalue weighted by molar-refractivity contribution is 7.89. The van der Waals surface area contributed by atoms with Crippen molar-refractivity contribution in [1.82, 2.24) is 9.29 Å². The third kappa shape index (κ3) is 4.66. The van der Waals surface area contributed by atoms with Gasteiger partial charge in [0.05, 0.1) is 29.0 Å². The Morgan fingerprint density at radius 1 is 1.19 bits per heavy atom. The predicted octanol–water partition coefficient (Wildman–Crippen LogP) is 4.61. The van der Waals surface area contributed by atoms with Gasteiger partial charge in [0.15, 0.2) is 0 Å². The van der Waals surface area contributed by atoms with E-state index >= 15 is 0 Å². The van der Waals surface area contributed by atoms with Crippen LogP contribution in [-0.2, 0) is 21.4 Å². The lowest BCUT2D eigenvalue weighted by atomic mass is 10.2. The second-order valence-corrected chi connectivity index (χ2v) is 10.3. The zero-order chi connectivity index (χ0) is 22.7. The molecule has 1 aromatic heterocycles. The second kappa shape index (κ2) is 9.58. The van der Waals surface area contributed by atoms with Crippen molar-refractivity contribution >= 4 is 38.9 Å². The normalized spacial score (nSPS) is 14.4. The Hall–Kier alpha value is -2.46. The van der Waals surface area contributed by atoms with Gasteiger partial charge >= 0.3 is 5.97 Å². The second-order valence-electron chi connectivity index (χ2n) is 7.18. The molecule has 0 radical (unpaired) electrons. The molecular weight excluding hydrogens is 472 g/mol. The number of halogens is 1. The van der Waals surface area contributed by atoms with Gasteiger partial charge in [0.1, 0.15) is 22.3 Å². The number of carbonyl (C=O) groups excluding carboxylic acids is 1. The molecule has 7 nitrogen and oxygen atoms in total. The third-order valence-electron chi connectivity index (χ3n) is 5.09. The Balaban J connectivity index is 1.48. The number of rotatable bonds is 7. The number of thiazole rings is 1. The predicted molar refractivity (Wildman–Crippen MR) is 123 cm³/mol. The van der Waals surface area contributed by atoms with Crippen LogP contribution in [0.5, 0.6) is 5.75 Å². The van der Waals surface area contributed by atoms with E-state index in [9.17, 15) is 13.2 Å². The molecule has 0 amide bonds. The minimum atomic E-state index is -3.76. The molecule has 4 rings (SSSR count). The lowest BCUT2D eigenvalue weighted by molar-refractivity contribution is 0.0468. The van der Waals surface area contributed by atoms with Gasteiger partial charge in [-0.25, -0.2) is 18.2 Å². The van der Waals surface area contributed by atoms with E-state index in [4.69, 9.17) is 21.1 Å². The minimum Gasteiger partial charge on any atom is -0.496 e. The Bertz CT molecular complexity index is 1240. The number of ether oxygens (including phenoxy) is 2. The zero-order valence-corrected chi connectivity index (χ0v) is 19.7. The van der Waals surface area contributed by atoms with Crippen LogP contribution in [0.15, 0.2) is 52.7 Å². The van der Waals surface area contributed by atoms with Crippen LogP contribution in [-0.4, -0.2) is 43.9 Å². The first-order chi connectivity index (χ1) is 15.4. The van der Waals surface area contributed by atoms with E-state index in [0.29, 0.717) is 24.5 Å². The summed E-state index contributed by atoms with van der Waals surface area (Å²) in [5, 5.41) is 2.63. The lowest BCUT2D eigenvalue weighted by Crippen LogP contribution is -2.28. The van der Waals surface area contributed by atoms with Gasteiger partial charge in [-0.2, -0.15) is 4.31 Å². The summed E-state index contributed by atoms with van der Waals surface area (Å²) in [6, 6.07) is 11.7. The maximum Gasteiger partial charge on any atom is 0.338 e. The number of para-hydroxylation sites is 1. The molecule has 1 aliphatic rings. The summed E-state index contributed by atoms with van der Waals surface area (Å²) < 4.78 is 37.9. The number of benzene rings is 2. The van der Waals surface area contributed by atoms with Crippen LogP contribution >= 0.6 is 22.9 Å². The van der Waals surface area contributed by atoms with E-state index in [0.717, 1.165) is 23.4 Å². The molecule has 1 fully saturated rings. The van der Waals surface area contributed by atoms with Crippen molar-refractivity contribution in [2.45, 2.75) is 24.3 Å². The van der Waals surface area contributed by atoms with Crippen LogP contribution in [0.4, 0.5) is 0 Å². The van der Waals surface area contributed by atoms with Crippen LogP contribution in [0.1, 0.15) is 28.9 Å². The molecule has 1 aliphatic heterocycles. The number of esters is 1. The van der Waals surface area contributed by atoms with Crippen LogP contribution in [0.2, 0.25) is 5.02 Å². The van der Waals surface area contributed by atoms with E-state index in [-0.39, 0.29) is 22.1 Å². The Morgan fingerprint density at radius 3 is 2.69 bits per heavy atom. The number of hydrogen-bond acceptors (Lipinski definition) is 7. The molecule has 1 saturated heterocycles. The molecule has 168 valence electrons. The fourth-order valence-electron chi connectivity index (χ4n) is 3.44. The summed E-state index contributed by atoms with van der Waals surface area (Å²) in [5.74, 6) is 0.0599. The largest absolute Gasteiger partial charge is 0.496 e. The van der Waals surface area contributed by atoms with Crippen LogP contribution < -0.4 is 4.74 Å². The summed E-state index contributed by atoms with van der Waals surface area (Å²) in [5.41, 5.74) is 1.56. The first-order valence-corrected chi connectivity index (χ1v) is 12.6. The molecule has 0 bridgehead atoms. The molecule has 10 heteroatoms. The van der Waals surface area contributed by atoms with Gasteiger partial charge in [0, 0.05) is 18.5 Å². The molecule has 2 heterocycles. The quantitative estimate of drug-likeness (QED) is 0.447. The molecule has 0 unspecified atom stereocenters. The summed E-state index contributed by atoms with van der Waals surface area (Å²) in [7, 11) is -2.16. The molecule has 0 N–H and O–H groups in total. The highest BCUT2D eigenvalue weighted by Gasteiger charge is 2.30.